The van der Waals surface area contributed by atoms with E-state index in [9.17, 15) is 5.11 Å². The fourth-order valence-electron chi connectivity index (χ4n) is 1.24. The highest BCUT2D eigenvalue weighted by atomic mass is 79.9. The van der Waals surface area contributed by atoms with E-state index in [1.54, 1.807) is 0 Å². The molecule has 2 heteroatoms. The van der Waals surface area contributed by atoms with Gasteiger partial charge in [-0.15, -0.1) is 0 Å². The monoisotopic (exact) mass is 192 g/mol. The van der Waals surface area contributed by atoms with E-state index in [0.29, 0.717) is 4.83 Å². The molecule has 0 radical (unpaired) electrons. The van der Waals surface area contributed by atoms with E-state index in [1.165, 1.54) is 19.3 Å². The smallest absolute Gasteiger partial charge is 0.0665 e. The largest absolute Gasteiger partial charge is 0.392 e. The van der Waals surface area contributed by atoms with E-state index < -0.39 is 0 Å². The topological polar surface area (TPSA) is 20.2 Å². The number of alkyl halides is 1. The minimum atomic E-state index is -0.0903. The molecule has 1 rings (SSSR count). The van der Waals surface area contributed by atoms with E-state index in [4.69, 9.17) is 0 Å². The van der Waals surface area contributed by atoms with Crippen LogP contribution in [0.3, 0.4) is 0 Å². The lowest BCUT2D eigenvalue weighted by Gasteiger charge is -2.11. The summed E-state index contributed by atoms with van der Waals surface area (Å²) in [4.78, 5) is 0.361. The fourth-order valence-corrected chi connectivity index (χ4v) is 1.83. The first kappa shape index (κ1) is 7.55. The van der Waals surface area contributed by atoms with Crippen LogP contribution in [0, 0.1) is 0 Å². The molecule has 0 spiro atoms. The molecule has 0 aromatic carbocycles. The first-order valence-electron chi connectivity index (χ1n) is 3.63. The Kier molecular flexibility index (Phi) is 2.99. The molecule has 0 aromatic rings. The van der Waals surface area contributed by atoms with Crippen molar-refractivity contribution in [1.29, 1.82) is 0 Å². The van der Waals surface area contributed by atoms with Crippen LogP contribution in [-0.2, 0) is 0 Å². The number of hydrogen-bond acceptors (Lipinski definition) is 1. The number of rotatable bonds is 0. The third-order valence-corrected chi connectivity index (χ3v) is 2.97. The van der Waals surface area contributed by atoms with Crippen molar-refractivity contribution in [3.05, 3.63) is 0 Å². The molecule has 1 aliphatic carbocycles. The Morgan fingerprint density at radius 2 is 1.78 bits per heavy atom. The summed E-state index contributed by atoms with van der Waals surface area (Å²) in [6.45, 7) is 0. The van der Waals surface area contributed by atoms with Crippen molar-refractivity contribution in [1.82, 2.24) is 0 Å². The van der Waals surface area contributed by atoms with Crippen LogP contribution in [0.4, 0.5) is 0 Å². The zero-order chi connectivity index (χ0) is 6.69. The summed E-state index contributed by atoms with van der Waals surface area (Å²) in [5.74, 6) is 0. The molecule has 2 atom stereocenters. The maximum Gasteiger partial charge on any atom is 0.0665 e. The van der Waals surface area contributed by atoms with Gasteiger partial charge in [0.1, 0.15) is 0 Å². The summed E-state index contributed by atoms with van der Waals surface area (Å²) >= 11 is 3.45. The molecule has 1 unspecified atom stereocenters. The van der Waals surface area contributed by atoms with E-state index in [2.05, 4.69) is 15.9 Å². The van der Waals surface area contributed by atoms with Crippen molar-refractivity contribution >= 4 is 15.9 Å². The average molecular weight is 193 g/mol. The van der Waals surface area contributed by atoms with Gasteiger partial charge in [-0.1, -0.05) is 35.2 Å². The van der Waals surface area contributed by atoms with E-state index in [0.717, 1.165) is 12.8 Å². The summed E-state index contributed by atoms with van der Waals surface area (Å²) in [5, 5.41) is 9.31. The number of hydrogen-bond donors (Lipinski definition) is 1. The number of halogens is 1. The van der Waals surface area contributed by atoms with Crippen molar-refractivity contribution in [2.24, 2.45) is 0 Å². The van der Waals surface area contributed by atoms with E-state index in [1.807, 2.05) is 0 Å². The van der Waals surface area contributed by atoms with Gasteiger partial charge in [0.25, 0.3) is 0 Å². The predicted octanol–water partition coefficient (Wildman–Crippen LogP) is 2.07. The molecule has 9 heavy (non-hydrogen) atoms. The predicted molar refractivity (Wildman–Crippen MR) is 41.8 cm³/mol. The Labute approximate surface area is 64.6 Å². The molecule has 0 bridgehead atoms. The highest BCUT2D eigenvalue weighted by Crippen LogP contribution is 2.23. The Morgan fingerprint density at radius 1 is 1.11 bits per heavy atom. The Bertz CT molecular complexity index is 75.0. The molecule has 1 fully saturated rings. The Morgan fingerprint density at radius 3 is 2.56 bits per heavy atom. The van der Waals surface area contributed by atoms with Crippen LogP contribution in [0.2, 0.25) is 0 Å². The lowest BCUT2D eigenvalue weighted by Crippen LogP contribution is -2.17. The molecule has 54 valence electrons. The second-order valence-electron chi connectivity index (χ2n) is 2.72. The van der Waals surface area contributed by atoms with Gasteiger partial charge in [0.15, 0.2) is 0 Å². The van der Waals surface area contributed by atoms with Crippen LogP contribution in [0.25, 0.3) is 0 Å². The van der Waals surface area contributed by atoms with E-state index >= 15 is 0 Å². The molecule has 1 aliphatic rings. The molecule has 1 saturated carbocycles. The maximum absolute atomic E-state index is 9.31. The van der Waals surface area contributed by atoms with Gasteiger partial charge in [-0.3, -0.25) is 0 Å². The maximum atomic E-state index is 9.31. The van der Waals surface area contributed by atoms with Gasteiger partial charge in [0, 0.05) is 4.83 Å². The first-order valence-corrected chi connectivity index (χ1v) is 4.54. The standard InChI is InChI=1S/C7H13BrO/c8-6-4-2-1-3-5-7(6)9/h6-7,9H,1-5H2/t6?,7-/m0/s1. The van der Waals surface area contributed by atoms with Crippen molar-refractivity contribution in [3.8, 4) is 0 Å². The lowest BCUT2D eigenvalue weighted by atomic mass is 10.2. The van der Waals surface area contributed by atoms with Gasteiger partial charge in [0.2, 0.25) is 0 Å². The molecular weight excluding hydrogens is 180 g/mol. The van der Waals surface area contributed by atoms with Gasteiger partial charge in [-0.05, 0) is 12.8 Å². The summed E-state index contributed by atoms with van der Waals surface area (Å²) in [7, 11) is 0. The first-order chi connectivity index (χ1) is 4.30. The highest BCUT2D eigenvalue weighted by Gasteiger charge is 2.17. The molecule has 1 N–H and O–H groups in total. The highest BCUT2D eigenvalue weighted by molar-refractivity contribution is 9.09. The quantitative estimate of drug-likeness (QED) is 0.461. The second-order valence-corrected chi connectivity index (χ2v) is 3.90. The van der Waals surface area contributed by atoms with Crippen LogP contribution in [-0.4, -0.2) is 16.0 Å². The molecular formula is C7H13BrO. The molecule has 0 amide bonds. The normalized spacial score (nSPS) is 38.0. The van der Waals surface area contributed by atoms with Gasteiger partial charge in [0.05, 0.1) is 6.10 Å². The van der Waals surface area contributed by atoms with Gasteiger partial charge in [-0.25, -0.2) is 0 Å². The third-order valence-electron chi connectivity index (χ3n) is 1.90. The van der Waals surface area contributed by atoms with Crippen molar-refractivity contribution in [2.45, 2.75) is 43.0 Å². The minimum absolute atomic E-state index is 0.0903. The zero-order valence-electron chi connectivity index (χ0n) is 5.52. The number of aliphatic hydroxyl groups excluding tert-OH is 1. The lowest BCUT2D eigenvalue weighted by molar-refractivity contribution is 0.165. The zero-order valence-corrected chi connectivity index (χ0v) is 7.10. The van der Waals surface area contributed by atoms with Crippen molar-refractivity contribution < 1.29 is 5.11 Å². The second kappa shape index (κ2) is 3.57. The van der Waals surface area contributed by atoms with Gasteiger partial charge < -0.3 is 5.11 Å². The summed E-state index contributed by atoms with van der Waals surface area (Å²) in [6, 6.07) is 0. The molecule has 0 aliphatic heterocycles. The van der Waals surface area contributed by atoms with Crippen LogP contribution in [0.5, 0.6) is 0 Å². The fraction of sp³-hybridized carbons (Fsp3) is 1.00. The van der Waals surface area contributed by atoms with E-state index in [-0.39, 0.29) is 6.10 Å². The Balaban J connectivity index is 2.32. The van der Waals surface area contributed by atoms with Crippen LogP contribution < -0.4 is 0 Å². The average Bonchev–Trinajstić information content (AvgIpc) is 1.99. The van der Waals surface area contributed by atoms with Crippen molar-refractivity contribution in [3.63, 3.8) is 0 Å². The van der Waals surface area contributed by atoms with Gasteiger partial charge >= 0.3 is 0 Å². The van der Waals surface area contributed by atoms with Crippen LogP contribution >= 0.6 is 15.9 Å². The summed E-state index contributed by atoms with van der Waals surface area (Å²) < 4.78 is 0. The molecule has 0 aromatic heterocycles. The minimum Gasteiger partial charge on any atom is -0.392 e. The van der Waals surface area contributed by atoms with Crippen LogP contribution in [0.15, 0.2) is 0 Å². The Hall–Kier alpha value is 0.440. The molecule has 1 nitrogen and oxygen atoms in total. The summed E-state index contributed by atoms with van der Waals surface area (Å²) in [5.41, 5.74) is 0. The third kappa shape index (κ3) is 2.26. The number of aliphatic hydroxyl groups is 1. The molecule has 0 saturated heterocycles. The summed E-state index contributed by atoms with van der Waals surface area (Å²) in [6.07, 6.45) is 5.79. The van der Waals surface area contributed by atoms with Crippen LogP contribution in [0.1, 0.15) is 32.1 Å². The van der Waals surface area contributed by atoms with Crippen molar-refractivity contribution in [2.75, 3.05) is 0 Å². The SMILES string of the molecule is O[C@H]1CCCCCC1Br. The molecule has 0 heterocycles. The van der Waals surface area contributed by atoms with Gasteiger partial charge in [-0.2, -0.15) is 0 Å².